The number of aliphatic hydroxyl groups is 1. The van der Waals surface area contributed by atoms with Crippen LogP contribution in [0.25, 0.3) is 11.1 Å². The Balaban J connectivity index is 1.06. The molecule has 8 nitrogen and oxygen atoms in total. The Bertz CT molecular complexity index is 2320. The highest BCUT2D eigenvalue weighted by Crippen LogP contribution is 2.40. The third kappa shape index (κ3) is 10.7. The molecule has 0 saturated carbocycles. The van der Waals surface area contributed by atoms with E-state index >= 15 is 0 Å². The molecule has 6 aromatic rings. The summed E-state index contributed by atoms with van der Waals surface area (Å²) in [6, 6.07) is 49.0. The van der Waals surface area contributed by atoms with Crippen LogP contribution in [0.3, 0.4) is 0 Å². The third-order valence-corrected chi connectivity index (χ3v) is 12.6. The first kappa shape index (κ1) is 40.1. The van der Waals surface area contributed by atoms with Gasteiger partial charge in [0, 0.05) is 29.2 Å². The first-order chi connectivity index (χ1) is 27.7. The lowest BCUT2D eigenvalue weighted by Crippen LogP contribution is -2.47. The number of amides is 1. The van der Waals surface area contributed by atoms with Crippen LogP contribution in [0.5, 0.6) is 0 Å². The van der Waals surface area contributed by atoms with Crippen LogP contribution in [0.4, 0.5) is 0 Å². The number of sulfonamides is 1. The lowest BCUT2D eigenvalue weighted by Gasteiger charge is -2.36. The topological polar surface area (TPSA) is 114 Å². The van der Waals surface area contributed by atoms with E-state index in [-0.39, 0.29) is 36.7 Å². The summed E-state index contributed by atoms with van der Waals surface area (Å²) >= 11 is 1.76. The van der Waals surface area contributed by atoms with Crippen molar-refractivity contribution in [1.82, 2.24) is 10.0 Å². The fourth-order valence-corrected chi connectivity index (χ4v) is 8.96. The van der Waals surface area contributed by atoms with Crippen molar-refractivity contribution in [2.24, 2.45) is 0 Å². The molecule has 7 rings (SSSR count). The molecule has 10 heteroatoms. The summed E-state index contributed by atoms with van der Waals surface area (Å²) in [4.78, 5) is 15.1. The Hall–Kier alpha value is -5.07. The number of thioether (sulfide) groups is 1. The number of ether oxygens (including phenoxy) is 2. The fraction of sp³-hybridized carbons (Fsp3) is 0.213. The smallest absolute Gasteiger partial charge is 0.241 e. The monoisotopic (exact) mass is 798 g/mol. The van der Waals surface area contributed by atoms with E-state index in [1.54, 1.807) is 36.0 Å². The minimum absolute atomic E-state index is 0.0133. The van der Waals surface area contributed by atoms with Crippen LogP contribution in [0, 0.1) is 6.92 Å². The largest absolute Gasteiger partial charge is 0.392 e. The molecule has 4 atom stereocenters. The molecule has 1 amide bonds. The highest BCUT2D eigenvalue weighted by atomic mass is 32.2. The first-order valence-corrected chi connectivity index (χ1v) is 21.5. The van der Waals surface area contributed by atoms with Gasteiger partial charge in [0.05, 0.1) is 23.7 Å². The summed E-state index contributed by atoms with van der Waals surface area (Å²) in [5.41, 5.74) is 7.33. The van der Waals surface area contributed by atoms with Crippen LogP contribution in [-0.4, -0.2) is 37.3 Å². The van der Waals surface area contributed by atoms with Gasteiger partial charge in [-0.3, -0.25) is 4.79 Å². The summed E-state index contributed by atoms with van der Waals surface area (Å²) < 4.78 is 42.6. The van der Waals surface area contributed by atoms with Gasteiger partial charge in [0.25, 0.3) is 0 Å². The maximum absolute atomic E-state index is 13.8. The van der Waals surface area contributed by atoms with Crippen molar-refractivity contribution >= 4 is 27.7 Å². The molecular formula is C47H46N2O6S2. The van der Waals surface area contributed by atoms with E-state index in [2.05, 4.69) is 22.2 Å². The summed E-state index contributed by atoms with van der Waals surface area (Å²) in [6.07, 6.45) is 0.0521. The summed E-state index contributed by atoms with van der Waals surface area (Å²) in [5, 5.41) is 12.6. The van der Waals surface area contributed by atoms with Crippen LogP contribution in [0.2, 0.25) is 0 Å². The average Bonchev–Trinajstić information content (AvgIpc) is 3.25. The van der Waals surface area contributed by atoms with Gasteiger partial charge in [0.15, 0.2) is 6.29 Å². The van der Waals surface area contributed by atoms with Gasteiger partial charge >= 0.3 is 0 Å². The van der Waals surface area contributed by atoms with Crippen molar-refractivity contribution in [2.45, 2.75) is 67.2 Å². The quantitative estimate of drug-likeness (QED) is 0.0892. The van der Waals surface area contributed by atoms with E-state index in [4.69, 9.17) is 9.47 Å². The number of hydrogen-bond acceptors (Lipinski definition) is 7. The van der Waals surface area contributed by atoms with Gasteiger partial charge in [-0.1, -0.05) is 139 Å². The number of rotatable bonds is 15. The van der Waals surface area contributed by atoms with Gasteiger partial charge in [-0.05, 0) is 71.0 Å². The van der Waals surface area contributed by atoms with Crippen molar-refractivity contribution in [3.63, 3.8) is 0 Å². The standard InChI is InChI=1S/C47H46N2O6S2/c1-33-16-26-42(27-17-33)57(52,53)49-44(28-34-10-4-2-5-11-34)46(51)48-30-39-12-8-9-15-43(39)36-22-24-38(25-23-36)47-54-40(32-56-41-13-6-3-7-14-41)29-45(55-47)37-20-18-35(31-50)19-21-37/h2-27,40,44-45,47,49-50H,28-32H2,1H3,(H,48,51)/t40-,44-,45+,47+/m1/s1. The minimum Gasteiger partial charge on any atom is -0.392 e. The summed E-state index contributed by atoms with van der Waals surface area (Å²) in [5.74, 6) is 0.345. The zero-order valence-electron chi connectivity index (χ0n) is 31.7. The van der Waals surface area contributed by atoms with E-state index in [0.717, 1.165) is 50.3 Å². The molecule has 292 valence electrons. The van der Waals surface area contributed by atoms with E-state index < -0.39 is 28.3 Å². The second-order valence-electron chi connectivity index (χ2n) is 14.1. The normalized spacial score (nSPS) is 17.5. The molecule has 0 aliphatic carbocycles. The number of nitrogens with one attached hydrogen (secondary N) is 2. The molecule has 57 heavy (non-hydrogen) atoms. The minimum atomic E-state index is -3.97. The molecule has 0 aromatic heterocycles. The highest BCUT2D eigenvalue weighted by molar-refractivity contribution is 7.99. The molecule has 1 heterocycles. The number of aryl methyl sites for hydroxylation is 1. The number of hydrogen-bond donors (Lipinski definition) is 3. The predicted molar refractivity (Wildman–Crippen MR) is 225 cm³/mol. The number of benzene rings is 6. The molecule has 1 saturated heterocycles. The van der Waals surface area contributed by atoms with Crippen LogP contribution in [0.1, 0.15) is 52.2 Å². The molecular weight excluding hydrogens is 753 g/mol. The lowest BCUT2D eigenvalue weighted by molar-refractivity contribution is -0.245. The van der Waals surface area contributed by atoms with Crippen molar-refractivity contribution in [3.8, 4) is 11.1 Å². The van der Waals surface area contributed by atoms with Crippen LogP contribution in [-0.2, 0) is 43.9 Å². The van der Waals surface area contributed by atoms with Crippen LogP contribution < -0.4 is 10.0 Å². The molecule has 0 spiro atoms. The van der Waals surface area contributed by atoms with Crippen molar-refractivity contribution < 1.29 is 27.8 Å². The summed E-state index contributed by atoms with van der Waals surface area (Å²) in [7, 11) is -3.97. The molecule has 3 N–H and O–H groups in total. The molecule has 0 unspecified atom stereocenters. The maximum Gasteiger partial charge on any atom is 0.241 e. The summed E-state index contributed by atoms with van der Waals surface area (Å²) in [6.45, 7) is 2.07. The van der Waals surface area contributed by atoms with Crippen molar-refractivity contribution in [1.29, 1.82) is 0 Å². The van der Waals surface area contributed by atoms with Gasteiger partial charge in [0.1, 0.15) is 6.04 Å². The Morgan fingerprint density at radius 2 is 1.40 bits per heavy atom. The van der Waals surface area contributed by atoms with E-state index in [1.165, 1.54) is 4.90 Å². The van der Waals surface area contributed by atoms with Gasteiger partial charge in [-0.2, -0.15) is 4.72 Å². The number of carbonyl (C=O) groups excluding carboxylic acids is 1. The average molecular weight is 799 g/mol. The highest BCUT2D eigenvalue weighted by Gasteiger charge is 2.32. The zero-order chi connectivity index (χ0) is 39.6. The number of aliphatic hydroxyl groups excluding tert-OH is 1. The van der Waals surface area contributed by atoms with Gasteiger partial charge < -0.3 is 19.9 Å². The second-order valence-corrected chi connectivity index (χ2v) is 17.0. The number of carbonyl (C=O) groups is 1. The van der Waals surface area contributed by atoms with E-state index in [0.29, 0.717) is 6.42 Å². The zero-order valence-corrected chi connectivity index (χ0v) is 33.3. The second kappa shape index (κ2) is 18.9. The first-order valence-electron chi connectivity index (χ1n) is 19.0. The fourth-order valence-electron chi connectivity index (χ4n) is 6.82. The van der Waals surface area contributed by atoms with Gasteiger partial charge in [-0.15, -0.1) is 11.8 Å². The predicted octanol–water partition coefficient (Wildman–Crippen LogP) is 8.70. The Kier molecular flexibility index (Phi) is 13.3. The van der Waals surface area contributed by atoms with Crippen molar-refractivity contribution in [3.05, 3.63) is 191 Å². The van der Waals surface area contributed by atoms with Crippen LogP contribution in [0.15, 0.2) is 168 Å². The van der Waals surface area contributed by atoms with E-state index in [1.807, 2.05) is 128 Å². The van der Waals surface area contributed by atoms with Gasteiger partial charge in [0.2, 0.25) is 15.9 Å². The molecule has 0 radical (unpaired) electrons. The Labute approximate surface area is 339 Å². The molecule has 1 fully saturated rings. The SMILES string of the molecule is Cc1ccc(S(=O)(=O)N[C@H](Cc2ccccc2)C(=O)NCc2ccccc2-c2ccc([C@H]3O[C@@H](CSc4ccccc4)C[C@@H](c4ccc(CO)cc4)O3)cc2)cc1. The van der Waals surface area contributed by atoms with Crippen molar-refractivity contribution in [2.75, 3.05) is 5.75 Å². The maximum atomic E-state index is 13.8. The molecule has 1 aliphatic heterocycles. The molecule has 0 bridgehead atoms. The third-order valence-electron chi connectivity index (χ3n) is 9.99. The molecule has 1 aliphatic rings. The Morgan fingerprint density at radius 3 is 2.11 bits per heavy atom. The lowest BCUT2D eigenvalue weighted by atomic mass is 9.97. The molecule has 6 aromatic carbocycles. The van der Waals surface area contributed by atoms with Crippen LogP contribution >= 0.6 is 11.8 Å². The van der Waals surface area contributed by atoms with E-state index in [9.17, 15) is 18.3 Å². The Morgan fingerprint density at radius 1 is 0.754 bits per heavy atom. The van der Waals surface area contributed by atoms with Gasteiger partial charge in [-0.25, -0.2) is 8.42 Å².